The van der Waals surface area contributed by atoms with E-state index in [1.807, 2.05) is 59.7 Å². The molecule has 21 nitrogen and oxygen atoms in total. The van der Waals surface area contributed by atoms with Crippen LogP contribution in [0, 0.1) is 19.8 Å². The van der Waals surface area contributed by atoms with Gasteiger partial charge >= 0.3 is 0 Å². The molecule has 380 valence electrons. The SMILES string of the molecule is Cc1cc(Nc2nc(C3=CCCNC3)cn3c(-c4cnn(CN(CC5CC5)S(=O)(=O)c5sc(Nc6nc(C7=CCCNC7)cn7c(-c8cnn(C)c8)cnc67)cc5C)c4)cnc23)sc1S(=O)(=O)N1CCOCC1. The minimum atomic E-state index is -4.01. The van der Waals surface area contributed by atoms with Crippen molar-refractivity contribution in [2.24, 2.45) is 13.0 Å². The highest BCUT2D eigenvalue weighted by atomic mass is 32.3. The zero-order valence-electron chi connectivity index (χ0n) is 40.4. The van der Waals surface area contributed by atoms with Crippen molar-refractivity contribution in [3.05, 3.63) is 96.4 Å². The van der Waals surface area contributed by atoms with Crippen LogP contribution in [0.15, 0.2) is 82.3 Å². The fourth-order valence-electron chi connectivity index (χ4n) is 9.49. The lowest BCUT2D eigenvalue weighted by Crippen LogP contribution is -2.40. The van der Waals surface area contributed by atoms with Crippen molar-refractivity contribution in [1.29, 1.82) is 0 Å². The minimum absolute atomic E-state index is 0.000172. The molecule has 73 heavy (non-hydrogen) atoms. The van der Waals surface area contributed by atoms with Crippen molar-refractivity contribution in [2.75, 3.05) is 69.7 Å². The van der Waals surface area contributed by atoms with Gasteiger partial charge in [0.05, 0.1) is 70.8 Å². The summed E-state index contributed by atoms with van der Waals surface area (Å²) in [4.78, 5) is 19.7. The predicted octanol–water partition coefficient (Wildman–Crippen LogP) is 6.10. The van der Waals surface area contributed by atoms with Gasteiger partial charge in [0.2, 0.25) is 0 Å². The number of morpholine rings is 1. The number of nitrogens with zero attached hydrogens (tertiary/aromatic N) is 12. The second-order valence-electron chi connectivity index (χ2n) is 18.8. The van der Waals surface area contributed by atoms with Crippen LogP contribution in [0.3, 0.4) is 0 Å². The van der Waals surface area contributed by atoms with Crippen LogP contribution in [0.5, 0.6) is 0 Å². The zero-order valence-corrected chi connectivity index (χ0v) is 43.7. The third-order valence-corrected chi connectivity index (χ3v) is 20.7. The first-order valence-electron chi connectivity index (χ1n) is 24.3. The Balaban J connectivity index is 0.836. The van der Waals surface area contributed by atoms with E-state index in [-0.39, 0.29) is 21.0 Å². The predicted molar refractivity (Wildman–Crippen MR) is 281 cm³/mol. The monoisotopic (exact) mass is 1060 g/mol. The molecule has 4 N–H and O–H groups in total. The molecule has 0 bridgehead atoms. The fourth-order valence-corrected chi connectivity index (χ4v) is 15.8. The first-order valence-corrected chi connectivity index (χ1v) is 28.8. The molecule has 8 aromatic heterocycles. The lowest BCUT2D eigenvalue weighted by Gasteiger charge is -2.25. The maximum Gasteiger partial charge on any atom is 0.254 e. The molecule has 12 rings (SSSR count). The van der Waals surface area contributed by atoms with Crippen LogP contribution in [0.25, 0.3) is 45.0 Å². The largest absolute Gasteiger partial charge is 0.379 e. The molecule has 8 aromatic rings. The number of rotatable bonds is 16. The standard InChI is InChI=1S/C48H54N16O5S4/c1-30-16-41(70-47(30)72(65,66)61-12-14-69-15-13-61)57-44-46-52-23-40(64(46)28-38(56-44)34-7-5-11-50-19-34)36-21-54-60(26-36)29-62(24-32-8-9-32)73(67,68)48-31(2)17-42(71-48)58-43-45-51-22-39(35-20-53-59(3)25-35)63(45)27-37(55-43)33-6-4-10-49-18-33/h6-7,16-17,20-23,25-28,32,49-50H,4-5,8-15,18-19,24,29H2,1-3H3,(H,55,58)(H,56,57). The lowest BCUT2D eigenvalue weighted by molar-refractivity contribution is 0.0731. The molecule has 1 saturated heterocycles. The number of nitrogens with one attached hydrogen (secondary N) is 4. The van der Waals surface area contributed by atoms with Gasteiger partial charge in [-0.1, -0.05) is 12.2 Å². The Labute approximate surface area is 429 Å². The molecule has 1 aliphatic carbocycles. The van der Waals surface area contributed by atoms with Crippen molar-refractivity contribution >= 4 is 86.8 Å². The minimum Gasteiger partial charge on any atom is -0.379 e. The van der Waals surface area contributed by atoms with Gasteiger partial charge in [-0.25, -0.2) is 36.8 Å². The normalized spacial score (nSPS) is 17.2. The number of hydrogen-bond acceptors (Lipinski definition) is 17. The molecule has 4 aliphatic rings. The summed E-state index contributed by atoms with van der Waals surface area (Å²) in [7, 11) is -5.85. The van der Waals surface area contributed by atoms with Crippen LogP contribution >= 0.6 is 22.7 Å². The molecule has 0 unspecified atom stereocenters. The highest BCUT2D eigenvalue weighted by molar-refractivity contribution is 7.91. The van der Waals surface area contributed by atoms with Gasteiger partial charge in [0.25, 0.3) is 20.0 Å². The number of ether oxygens (including phenoxy) is 1. The molecule has 0 spiro atoms. The summed E-state index contributed by atoms with van der Waals surface area (Å²) in [6.45, 7) is 8.40. The van der Waals surface area contributed by atoms with Crippen molar-refractivity contribution in [2.45, 2.75) is 54.6 Å². The summed E-state index contributed by atoms with van der Waals surface area (Å²) in [6.07, 6.45) is 22.9. The summed E-state index contributed by atoms with van der Waals surface area (Å²) in [5, 5.41) is 24.1. The fraction of sp³-hybridized carbons (Fsp3) is 0.375. The summed E-state index contributed by atoms with van der Waals surface area (Å²) in [5.74, 6) is 1.23. The average molecular weight is 1060 g/mol. The molecular weight excluding hydrogens is 1010 g/mol. The van der Waals surface area contributed by atoms with Gasteiger partial charge in [-0.05, 0) is 92.9 Å². The van der Waals surface area contributed by atoms with Crippen LogP contribution < -0.4 is 21.3 Å². The average Bonchev–Trinajstić information content (AvgIpc) is 4.04. The summed E-state index contributed by atoms with van der Waals surface area (Å²) < 4.78 is 73.6. The molecule has 11 heterocycles. The Morgan fingerprint density at radius 1 is 0.740 bits per heavy atom. The zero-order chi connectivity index (χ0) is 50.0. The third kappa shape index (κ3) is 9.41. The van der Waals surface area contributed by atoms with Crippen LogP contribution in [0.2, 0.25) is 0 Å². The molecule has 0 aromatic carbocycles. The number of anilines is 4. The van der Waals surface area contributed by atoms with E-state index in [9.17, 15) is 16.8 Å². The number of hydrogen-bond donors (Lipinski definition) is 4. The van der Waals surface area contributed by atoms with Crippen LogP contribution in [-0.4, -0.2) is 133 Å². The number of aromatic nitrogens is 10. The van der Waals surface area contributed by atoms with Gasteiger partial charge in [0.15, 0.2) is 22.9 Å². The highest BCUT2D eigenvalue weighted by Gasteiger charge is 2.35. The van der Waals surface area contributed by atoms with Gasteiger partial charge in [0, 0.05) is 75.7 Å². The molecule has 3 aliphatic heterocycles. The smallest absolute Gasteiger partial charge is 0.254 e. The molecule has 25 heteroatoms. The Morgan fingerprint density at radius 3 is 1.85 bits per heavy atom. The number of fused-ring (bicyclic) bond motifs is 2. The first kappa shape index (κ1) is 47.8. The Hall–Kier alpha value is -6.16. The number of aryl methyl sites for hydroxylation is 3. The van der Waals surface area contributed by atoms with Crippen molar-refractivity contribution in [1.82, 2.24) is 67.5 Å². The number of thiophene rings is 2. The Kier molecular flexibility index (Phi) is 12.6. The van der Waals surface area contributed by atoms with Gasteiger partial charge in [-0.3, -0.25) is 18.2 Å². The lowest BCUT2D eigenvalue weighted by atomic mass is 10.1. The molecule has 1 saturated carbocycles. The molecule has 0 radical (unpaired) electrons. The van der Waals surface area contributed by atoms with Crippen LogP contribution in [0.1, 0.15) is 48.2 Å². The van der Waals surface area contributed by atoms with Crippen LogP contribution in [0.4, 0.5) is 21.6 Å². The second kappa shape index (κ2) is 19.3. The Bertz CT molecular complexity index is 3700. The molecule has 0 atom stereocenters. The van der Waals surface area contributed by atoms with E-state index in [1.54, 1.807) is 41.1 Å². The number of sulfonamides is 2. The molecular formula is C48H54N16O5S4. The quantitative estimate of drug-likeness (QED) is 0.0858. The van der Waals surface area contributed by atoms with Crippen molar-refractivity contribution in [3.63, 3.8) is 0 Å². The summed E-state index contributed by atoms with van der Waals surface area (Å²) in [5.41, 5.74) is 9.24. The first-order chi connectivity index (χ1) is 35.3. The Morgan fingerprint density at radius 2 is 1.30 bits per heavy atom. The molecule has 2 fully saturated rings. The van der Waals surface area contributed by atoms with Crippen LogP contribution in [-0.2, 0) is 38.5 Å². The highest BCUT2D eigenvalue weighted by Crippen LogP contribution is 2.40. The number of imidazole rings is 2. The molecule has 0 amide bonds. The van der Waals surface area contributed by atoms with E-state index in [0.717, 1.165) is 83.8 Å². The van der Waals surface area contributed by atoms with E-state index < -0.39 is 20.0 Å². The van der Waals surface area contributed by atoms with Crippen molar-refractivity contribution in [3.8, 4) is 22.5 Å². The van der Waals surface area contributed by atoms with Gasteiger partial charge in [-0.15, -0.1) is 22.7 Å². The van der Waals surface area contributed by atoms with E-state index in [0.29, 0.717) is 90.0 Å². The van der Waals surface area contributed by atoms with E-state index in [1.165, 1.54) is 31.3 Å². The van der Waals surface area contributed by atoms with Gasteiger partial charge in [0.1, 0.15) is 15.1 Å². The summed E-state index contributed by atoms with van der Waals surface area (Å²) >= 11 is 2.34. The van der Waals surface area contributed by atoms with E-state index in [2.05, 4.69) is 38.5 Å². The van der Waals surface area contributed by atoms with Crippen molar-refractivity contribution < 1.29 is 21.6 Å². The van der Waals surface area contributed by atoms with Gasteiger partial charge in [-0.2, -0.15) is 18.8 Å². The summed E-state index contributed by atoms with van der Waals surface area (Å²) in [6, 6.07) is 3.69. The van der Waals surface area contributed by atoms with E-state index in [4.69, 9.17) is 29.8 Å². The maximum absolute atomic E-state index is 14.9. The topological polar surface area (TPSA) is 228 Å². The second-order valence-corrected chi connectivity index (χ2v) is 25.2. The van der Waals surface area contributed by atoms with Gasteiger partial charge < -0.3 is 26.0 Å². The third-order valence-electron chi connectivity index (χ3n) is 13.4. The maximum atomic E-state index is 14.9. The van der Waals surface area contributed by atoms with E-state index >= 15 is 0 Å².